The second-order valence-electron chi connectivity index (χ2n) is 4.53. The zero-order valence-corrected chi connectivity index (χ0v) is 12.3. The van der Waals surface area contributed by atoms with Gasteiger partial charge in [-0.15, -0.1) is 0 Å². The largest absolute Gasteiger partial charge is 0.409 e. The van der Waals surface area contributed by atoms with Gasteiger partial charge >= 0.3 is 0 Å². The number of benzene rings is 1. The summed E-state index contributed by atoms with van der Waals surface area (Å²) in [5.74, 6) is 0.101. The van der Waals surface area contributed by atoms with Crippen LogP contribution in [0, 0.1) is 0 Å². The number of carbonyl (C=O) groups is 1. The van der Waals surface area contributed by atoms with Gasteiger partial charge in [-0.25, -0.2) is 0 Å². The molecule has 110 valence electrons. The Labute approximate surface area is 127 Å². The summed E-state index contributed by atoms with van der Waals surface area (Å²) in [6.07, 6.45) is 0.662. The third-order valence-electron chi connectivity index (χ3n) is 3.02. The predicted molar refractivity (Wildman–Crippen MR) is 84.8 cm³/mol. The Morgan fingerprint density at radius 1 is 1.29 bits per heavy atom. The van der Waals surface area contributed by atoms with Crippen LogP contribution in [0.5, 0.6) is 0 Å². The summed E-state index contributed by atoms with van der Waals surface area (Å²) in [6.45, 7) is 0.378. The number of rotatable bonds is 6. The zero-order valence-electron chi connectivity index (χ0n) is 11.5. The topological polar surface area (TPSA) is 78.9 Å². The molecule has 3 N–H and O–H groups in total. The van der Waals surface area contributed by atoms with E-state index in [0.29, 0.717) is 19.4 Å². The number of carbonyl (C=O) groups excluding carboxylic acids is 1. The van der Waals surface area contributed by atoms with Gasteiger partial charge in [0.15, 0.2) is 0 Å². The number of nitrogens with two attached hydrogens (primary N) is 1. The molecule has 1 aromatic carbocycles. The highest BCUT2D eigenvalue weighted by Gasteiger charge is 2.16. The van der Waals surface area contributed by atoms with E-state index in [-0.39, 0.29) is 11.7 Å². The highest BCUT2D eigenvalue weighted by Crippen LogP contribution is 2.16. The number of anilines is 1. The number of hydrogen-bond acceptors (Lipinski definition) is 4. The van der Waals surface area contributed by atoms with Gasteiger partial charge in [-0.1, -0.05) is 23.4 Å². The SMILES string of the molecule is N/C(CCN(C(=O)Cc1ccsc1)c1ccccc1)=N/O. The van der Waals surface area contributed by atoms with Crippen LogP contribution < -0.4 is 10.6 Å². The van der Waals surface area contributed by atoms with Crippen LogP contribution in [0.3, 0.4) is 0 Å². The van der Waals surface area contributed by atoms with E-state index >= 15 is 0 Å². The van der Waals surface area contributed by atoms with Crippen molar-refractivity contribution in [2.24, 2.45) is 10.9 Å². The van der Waals surface area contributed by atoms with Crippen molar-refractivity contribution in [3.63, 3.8) is 0 Å². The first-order chi connectivity index (χ1) is 10.2. The Balaban J connectivity index is 2.13. The van der Waals surface area contributed by atoms with E-state index in [1.807, 2.05) is 47.2 Å². The quantitative estimate of drug-likeness (QED) is 0.372. The highest BCUT2D eigenvalue weighted by atomic mass is 32.1. The minimum atomic E-state index is -0.00894. The number of nitrogens with zero attached hydrogens (tertiary/aromatic N) is 2. The molecule has 21 heavy (non-hydrogen) atoms. The van der Waals surface area contributed by atoms with Crippen molar-refractivity contribution in [1.82, 2.24) is 0 Å². The predicted octanol–water partition coefficient (Wildman–Crippen LogP) is 2.46. The summed E-state index contributed by atoms with van der Waals surface area (Å²) < 4.78 is 0. The normalized spacial score (nSPS) is 11.3. The molecule has 0 unspecified atom stereocenters. The van der Waals surface area contributed by atoms with Crippen LogP contribution in [0.15, 0.2) is 52.3 Å². The number of hydrogen-bond donors (Lipinski definition) is 2. The lowest BCUT2D eigenvalue weighted by atomic mass is 10.2. The van der Waals surface area contributed by atoms with E-state index in [9.17, 15) is 4.79 Å². The fraction of sp³-hybridized carbons (Fsp3) is 0.200. The Hall–Kier alpha value is -2.34. The van der Waals surface area contributed by atoms with Crippen LogP contribution in [0.2, 0.25) is 0 Å². The summed E-state index contributed by atoms with van der Waals surface area (Å²) in [7, 11) is 0. The summed E-state index contributed by atoms with van der Waals surface area (Å²) in [5, 5.41) is 15.5. The molecule has 0 saturated heterocycles. The Morgan fingerprint density at radius 2 is 2.05 bits per heavy atom. The molecule has 0 aliphatic rings. The number of para-hydroxylation sites is 1. The molecule has 1 heterocycles. The smallest absolute Gasteiger partial charge is 0.231 e. The van der Waals surface area contributed by atoms with Gasteiger partial charge in [0.2, 0.25) is 5.91 Å². The molecule has 1 aromatic heterocycles. The van der Waals surface area contributed by atoms with Crippen LogP contribution in [0.1, 0.15) is 12.0 Å². The van der Waals surface area contributed by atoms with E-state index in [0.717, 1.165) is 11.3 Å². The van der Waals surface area contributed by atoms with Gasteiger partial charge in [0.05, 0.1) is 6.42 Å². The molecule has 0 fully saturated rings. The van der Waals surface area contributed by atoms with Crippen LogP contribution in [-0.2, 0) is 11.2 Å². The molecule has 0 aliphatic heterocycles. The average Bonchev–Trinajstić information content (AvgIpc) is 3.01. The maximum Gasteiger partial charge on any atom is 0.231 e. The van der Waals surface area contributed by atoms with E-state index in [4.69, 9.17) is 10.9 Å². The number of oxime groups is 1. The Bertz CT molecular complexity index is 597. The summed E-state index contributed by atoms with van der Waals surface area (Å²) in [5.41, 5.74) is 7.30. The van der Waals surface area contributed by atoms with Crippen molar-refractivity contribution in [1.29, 1.82) is 0 Å². The molecule has 6 heteroatoms. The molecule has 0 bridgehead atoms. The van der Waals surface area contributed by atoms with Crippen molar-refractivity contribution in [3.8, 4) is 0 Å². The molecule has 2 aromatic rings. The maximum atomic E-state index is 12.5. The van der Waals surface area contributed by atoms with Gasteiger partial charge in [-0.05, 0) is 34.5 Å². The molecule has 5 nitrogen and oxygen atoms in total. The Morgan fingerprint density at radius 3 is 2.67 bits per heavy atom. The molecule has 0 aliphatic carbocycles. The minimum Gasteiger partial charge on any atom is -0.409 e. The van der Waals surface area contributed by atoms with Gasteiger partial charge < -0.3 is 15.8 Å². The summed E-state index contributed by atoms with van der Waals surface area (Å²) >= 11 is 1.57. The first-order valence-corrected chi connectivity index (χ1v) is 7.48. The Kier molecular flexibility index (Phi) is 5.34. The van der Waals surface area contributed by atoms with Gasteiger partial charge in [0.1, 0.15) is 5.84 Å². The second-order valence-corrected chi connectivity index (χ2v) is 5.31. The number of amidine groups is 1. The van der Waals surface area contributed by atoms with Gasteiger partial charge in [-0.3, -0.25) is 4.79 Å². The summed E-state index contributed by atoms with van der Waals surface area (Å²) in [4.78, 5) is 14.2. The molecule has 2 rings (SSSR count). The van der Waals surface area contributed by atoms with E-state index in [1.54, 1.807) is 16.2 Å². The van der Waals surface area contributed by atoms with Gasteiger partial charge in [-0.2, -0.15) is 11.3 Å². The molecule has 0 saturated carbocycles. The lowest BCUT2D eigenvalue weighted by Crippen LogP contribution is -2.35. The van der Waals surface area contributed by atoms with Crippen molar-refractivity contribution in [2.75, 3.05) is 11.4 Å². The standard InChI is InChI=1S/C15H17N3O2S/c16-14(17-20)6-8-18(13-4-2-1-3-5-13)15(19)10-12-7-9-21-11-12/h1-5,7,9,11,20H,6,8,10H2,(H2,16,17). The molecule has 1 amide bonds. The van der Waals surface area contributed by atoms with E-state index in [1.165, 1.54) is 0 Å². The lowest BCUT2D eigenvalue weighted by Gasteiger charge is -2.22. The molecular weight excluding hydrogens is 286 g/mol. The van der Waals surface area contributed by atoms with Gasteiger partial charge in [0.25, 0.3) is 0 Å². The number of thiophene rings is 1. The molecule has 0 atom stereocenters. The van der Waals surface area contributed by atoms with Crippen LogP contribution in [0.4, 0.5) is 5.69 Å². The van der Waals surface area contributed by atoms with Crippen molar-refractivity contribution in [2.45, 2.75) is 12.8 Å². The third kappa shape index (κ3) is 4.32. The third-order valence-corrected chi connectivity index (χ3v) is 3.76. The van der Waals surface area contributed by atoms with Crippen molar-refractivity contribution < 1.29 is 10.0 Å². The van der Waals surface area contributed by atoms with Crippen LogP contribution in [-0.4, -0.2) is 23.5 Å². The summed E-state index contributed by atoms with van der Waals surface area (Å²) in [6, 6.07) is 11.3. The second kappa shape index (κ2) is 7.44. The highest BCUT2D eigenvalue weighted by molar-refractivity contribution is 7.08. The average molecular weight is 303 g/mol. The van der Waals surface area contributed by atoms with E-state index in [2.05, 4.69) is 5.16 Å². The first-order valence-electron chi connectivity index (χ1n) is 6.53. The minimum absolute atomic E-state index is 0.00894. The monoisotopic (exact) mass is 303 g/mol. The fourth-order valence-electron chi connectivity index (χ4n) is 1.95. The molecule has 0 radical (unpaired) electrons. The number of amides is 1. The van der Waals surface area contributed by atoms with Crippen molar-refractivity contribution >= 4 is 28.8 Å². The van der Waals surface area contributed by atoms with Crippen LogP contribution >= 0.6 is 11.3 Å². The van der Waals surface area contributed by atoms with E-state index < -0.39 is 0 Å². The fourth-order valence-corrected chi connectivity index (χ4v) is 2.61. The first kappa shape index (κ1) is 15.1. The zero-order chi connectivity index (χ0) is 15.1. The van der Waals surface area contributed by atoms with Gasteiger partial charge in [0, 0.05) is 18.7 Å². The molecule has 0 spiro atoms. The van der Waals surface area contributed by atoms with Crippen LogP contribution in [0.25, 0.3) is 0 Å². The van der Waals surface area contributed by atoms with Crippen molar-refractivity contribution in [3.05, 3.63) is 52.7 Å². The maximum absolute atomic E-state index is 12.5. The lowest BCUT2D eigenvalue weighted by molar-refractivity contribution is -0.118. The molecular formula is C15H17N3O2S.